The lowest BCUT2D eigenvalue weighted by atomic mass is 9.82. The van der Waals surface area contributed by atoms with Crippen LogP contribution in [-0.2, 0) is 62.5 Å². The van der Waals surface area contributed by atoms with E-state index >= 15 is 0 Å². The van der Waals surface area contributed by atoms with Crippen LogP contribution < -0.4 is 10.4 Å². The maximum atomic E-state index is 14.8. The number of hydrogen-bond acceptors (Lipinski definition) is 10. The van der Waals surface area contributed by atoms with Gasteiger partial charge in [-0.25, -0.2) is 9.59 Å². The highest BCUT2D eigenvalue weighted by atomic mass is 16.6. The van der Waals surface area contributed by atoms with Crippen LogP contribution in [0, 0.1) is 17.8 Å². The van der Waals surface area contributed by atoms with Gasteiger partial charge in [-0.1, -0.05) is 90.2 Å². The molecular weight excluding hydrogens is 821 g/mol. The first-order chi connectivity index (χ1) is 31.5. The van der Waals surface area contributed by atoms with Gasteiger partial charge in [0.2, 0.25) is 0 Å². The predicted octanol–water partition coefficient (Wildman–Crippen LogP) is 8.75. The molecule has 0 spiro atoms. The number of fused-ring (bicyclic) bond motifs is 7. The minimum absolute atomic E-state index is 0.0431. The van der Waals surface area contributed by atoms with Gasteiger partial charge < -0.3 is 33.6 Å². The van der Waals surface area contributed by atoms with Gasteiger partial charge in [0.1, 0.15) is 11.3 Å². The van der Waals surface area contributed by atoms with Crippen molar-refractivity contribution >= 4 is 22.9 Å². The van der Waals surface area contributed by atoms with Crippen molar-refractivity contribution in [1.29, 1.82) is 0 Å². The number of allylic oxidation sites excluding steroid dienone is 1. The summed E-state index contributed by atoms with van der Waals surface area (Å²) in [6.07, 6.45) is 2.21. The third-order valence-electron chi connectivity index (χ3n) is 13.3. The number of aliphatic hydroxyl groups excluding tert-OH is 2. The lowest BCUT2D eigenvalue weighted by Crippen LogP contribution is -2.54. The smallest absolute Gasteiger partial charge is 0.340 e. The molecule has 10 heteroatoms. The minimum Gasteiger partial charge on any atom is -0.482 e. The molecule has 8 rings (SSSR count). The Bertz CT molecular complexity index is 2710. The second kappa shape index (κ2) is 20.0. The van der Waals surface area contributed by atoms with Gasteiger partial charge in [-0.15, -0.1) is 0 Å². The molecule has 0 unspecified atom stereocenters. The number of rotatable bonds is 11. The zero-order chi connectivity index (χ0) is 45.7. The highest BCUT2D eigenvalue weighted by molar-refractivity contribution is 5.90. The average Bonchev–Trinajstić information content (AvgIpc) is 3.28. The van der Waals surface area contributed by atoms with Crippen LogP contribution in [-0.4, -0.2) is 54.2 Å². The fraction of sp³-hybridized carbons (Fsp3) is 0.400. The number of carbonyl (C=O) groups is 2. The Morgan fingerprint density at radius 1 is 0.877 bits per heavy atom. The van der Waals surface area contributed by atoms with E-state index in [9.17, 15) is 24.6 Å². The van der Waals surface area contributed by atoms with E-state index in [-0.39, 0.29) is 60.9 Å². The van der Waals surface area contributed by atoms with Crippen LogP contribution in [0.2, 0.25) is 0 Å². The molecule has 4 aromatic carbocycles. The molecule has 65 heavy (non-hydrogen) atoms. The number of aliphatic hydroxyl groups is 2. The molecule has 4 heterocycles. The Hall–Kier alpha value is -5.99. The molecule has 10 nitrogen and oxygen atoms in total. The summed E-state index contributed by atoms with van der Waals surface area (Å²) in [5.74, 6) is 5.23. The molecule has 0 saturated carbocycles. The zero-order valence-corrected chi connectivity index (χ0v) is 37.7. The van der Waals surface area contributed by atoms with Crippen molar-refractivity contribution in [3.63, 3.8) is 0 Å². The maximum Gasteiger partial charge on any atom is 0.340 e. The summed E-state index contributed by atoms with van der Waals surface area (Å²) in [4.78, 5) is 43.4. The van der Waals surface area contributed by atoms with Gasteiger partial charge in [-0.2, -0.15) is 0 Å². The molecule has 5 atom stereocenters. The van der Waals surface area contributed by atoms with Gasteiger partial charge in [0.25, 0.3) is 0 Å². The van der Waals surface area contributed by atoms with Crippen molar-refractivity contribution in [3.05, 3.63) is 157 Å². The maximum absolute atomic E-state index is 14.8. The molecule has 0 fully saturated rings. The van der Waals surface area contributed by atoms with Crippen LogP contribution in [0.4, 0.5) is 0 Å². The van der Waals surface area contributed by atoms with E-state index in [4.69, 9.17) is 23.4 Å². The number of esters is 2. The molecule has 0 saturated heterocycles. The third-order valence-corrected chi connectivity index (χ3v) is 13.3. The highest BCUT2D eigenvalue weighted by Crippen LogP contribution is 2.49. The van der Waals surface area contributed by atoms with Gasteiger partial charge in [0.15, 0.2) is 17.8 Å². The molecule has 5 bridgehead atoms. The zero-order valence-electron chi connectivity index (χ0n) is 37.7. The van der Waals surface area contributed by atoms with E-state index < -0.39 is 47.9 Å². The van der Waals surface area contributed by atoms with E-state index in [1.54, 1.807) is 19.1 Å². The van der Waals surface area contributed by atoms with Crippen molar-refractivity contribution < 1.29 is 43.2 Å². The van der Waals surface area contributed by atoms with Gasteiger partial charge in [0, 0.05) is 49.0 Å². The Morgan fingerprint density at radius 3 is 2.45 bits per heavy atom. The monoisotopic (exact) mass is 878 g/mol. The highest BCUT2D eigenvalue weighted by Gasteiger charge is 2.53. The molecule has 1 aromatic heterocycles. The van der Waals surface area contributed by atoms with Gasteiger partial charge in [-0.05, 0) is 123 Å². The van der Waals surface area contributed by atoms with Crippen molar-refractivity contribution in [2.75, 3.05) is 20.3 Å². The number of hydrogen-bond donors (Lipinski definition) is 2. The summed E-state index contributed by atoms with van der Waals surface area (Å²) in [5.41, 5.74) is 6.91. The second-order valence-corrected chi connectivity index (χ2v) is 18.2. The number of benzene rings is 4. The molecule has 5 aromatic rings. The van der Waals surface area contributed by atoms with Gasteiger partial charge in [0.05, 0.1) is 25.2 Å². The van der Waals surface area contributed by atoms with Crippen LogP contribution in [0.5, 0.6) is 5.75 Å². The Morgan fingerprint density at radius 2 is 1.68 bits per heavy atom. The van der Waals surface area contributed by atoms with Gasteiger partial charge in [-0.3, -0.25) is 4.79 Å². The molecule has 338 valence electrons. The molecule has 3 aliphatic heterocycles. The van der Waals surface area contributed by atoms with E-state index in [0.29, 0.717) is 48.6 Å². The van der Waals surface area contributed by atoms with Crippen LogP contribution in [0.1, 0.15) is 115 Å². The lowest BCUT2D eigenvalue weighted by Gasteiger charge is -2.44. The second-order valence-electron chi connectivity index (χ2n) is 18.2. The summed E-state index contributed by atoms with van der Waals surface area (Å²) in [6.45, 7) is 4.92. The van der Waals surface area contributed by atoms with Crippen LogP contribution in [0.15, 0.2) is 105 Å². The molecule has 0 radical (unpaired) electrons. The summed E-state index contributed by atoms with van der Waals surface area (Å²) >= 11 is 0. The topological polar surface area (TPSA) is 142 Å². The SMILES string of the molecule is COC[C@@H](CCO)c1c(CO)c2ccc3c(c2oc1=O)[C@H]1OC(=O)C[C@@H](CCc2cccc(Cc4ccccc4)c2)Cc2ccc4cc2CC#CC[C@@](C)(O3)[C@H]1OC(=O)C(=C(C)C)CC4. The number of carbonyl (C=O) groups excluding carboxylic acids is 2. The first-order valence-electron chi connectivity index (χ1n) is 22.8. The van der Waals surface area contributed by atoms with E-state index in [1.807, 2.05) is 19.9 Å². The summed E-state index contributed by atoms with van der Waals surface area (Å²) in [6, 6.07) is 28.9. The fourth-order valence-electron chi connectivity index (χ4n) is 9.90. The Labute approximate surface area is 380 Å². The predicted molar refractivity (Wildman–Crippen MR) is 248 cm³/mol. The average molecular weight is 879 g/mol. The van der Waals surface area contributed by atoms with Crippen molar-refractivity contribution in [2.45, 2.75) is 115 Å². The molecular formula is C55H58O10. The Kier molecular flexibility index (Phi) is 14.0. The Balaban J connectivity index is 1.26. The molecule has 2 N–H and O–H groups in total. The third kappa shape index (κ3) is 9.98. The standard InChI is InChI=1S/C55H58O10/c1-34(2)43-21-19-37-18-20-41-30-39(17-16-36-13-10-14-38(28-36)27-35-11-6-5-7-12-35)31-47(58)62-51-49-46(65-55(3,52(51)64-53(43)59)25-9-8-15-40(41)29-37)23-22-44-45(32-57)48(54(60)63-50(44)49)42(24-26-56)33-61-4/h5-7,10-14,18,20,22-23,28-29,39,42,51-52,56-57H,15-17,19,21,24-27,30-33H2,1-4H3/t39-,42+,51+,52-,55+/m0/s1. The largest absolute Gasteiger partial charge is 0.482 e. The number of aryl methyl sites for hydroxylation is 2. The van der Waals surface area contributed by atoms with E-state index in [0.717, 1.165) is 35.1 Å². The van der Waals surface area contributed by atoms with Gasteiger partial charge >= 0.3 is 17.6 Å². The summed E-state index contributed by atoms with van der Waals surface area (Å²) in [7, 11) is 1.50. The van der Waals surface area contributed by atoms with Crippen molar-refractivity contribution in [2.24, 2.45) is 5.92 Å². The van der Waals surface area contributed by atoms with Crippen LogP contribution in [0.3, 0.4) is 0 Å². The first kappa shape index (κ1) is 45.6. The van der Waals surface area contributed by atoms with Crippen molar-refractivity contribution in [3.8, 4) is 17.6 Å². The quantitative estimate of drug-likeness (QED) is 0.0573. The van der Waals surface area contributed by atoms with E-state index in [2.05, 4.69) is 78.6 Å². The molecule has 0 amide bonds. The normalized spacial score (nSPS) is 21.2. The summed E-state index contributed by atoms with van der Waals surface area (Å²) in [5, 5.41) is 21.2. The number of ether oxygens (including phenoxy) is 4. The van der Waals surface area contributed by atoms with Crippen LogP contribution in [0.25, 0.3) is 11.0 Å². The summed E-state index contributed by atoms with van der Waals surface area (Å²) < 4.78 is 31.6. The minimum atomic E-state index is -1.32. The molecule has 3 aliphatic rings. The fourth-order valence-corrected chi connectivity index (χ4v) is 9.90. The first-order valence-corrected chi connectivity index (χ1v) is 22.8. The van der Waals surface area contributed by atoms with Crippen LogP contribution >= 0.6 is 0 Å². The van der Waals surface area contributed by atoms with Crippen molar-refractivity contribution in [1.82, 2.24) is 0 Å². The molecule has 0 aliphatic carbocycles. The van der Waals surface area contributed by atoms with E-state index in [1.165, 1.54) is 23.8 Å². The lowest BCUT2D eigenvalue weighted by molar-refractivity contribution is -0.190. The number of methoxy groups -OCH3 is 1.